The summed E-state index contributed by atoms with van der Waals surface area (Å²) in [5, 5.41) is 3.08. The number of rotatable bonds is 9. The summed E-state index contributed by atoms with van der Waals surface area (Å²) in [7, 11) is 1.60. The Morgan fingerprint density at radius 1 is 1.08 bits per heavy atom. The van der Waals surface area contributed by atoms with E-state index in [1.807, 2.05) is 6.07 Å². The first-order chi connectivity index (χ1) is 11.8. The highest BCUT2D eigenvalue weighted by atomic mass is 16.5. The summed E-state index contributed by atoms with van der Waals surface area (Å²) in [6.45, 7) is 11.4. The molecule has 0 aliphatic carbocycles. The van der Waals surface area contributed by atoms with Crippen molar-refractivity contribution in [2.24, 2.45) is 0 Å². The fourth-order valence-corrected chi connectivity index (χ4v) is 2.76. The lowest BCUT2D eigenvalue weighted by molar-refractivity contribution is -0.130. The van der Waals surface area contributed by atoms with E-state index in [0.29, 0.717) is 31.5 Å². The number of nitrogens with zero attached hydrogens (tertiary/aromatic N) is 1. The lowest BCUT2D eigenvalue weighted by atomic mass is 9.92. The number of anilines is 1. The van der Waals surface area contributed by atoms with Crippen LogP contribution in [0.25, 0.3) is 0 Å². The van der Waals surface area contributed by atoms with E-state index < -0.39 is 0 Å². The standard InChI is InChI=1S/C20H32N2O3/c1-14(2)17-8-7-9-18(15(3)4)20(17)21-19(24)10-11-22(16(5)23)12-13-25-6/h7-9,14-15H,10-13H2,1-6H3,(H,21,24). The van der Waals surface area contributed by atoms with E-state index in [-0.39, 0.29) is 18.2 Å². The molecule has 1 N–H and O–H groups in total. The van der Waals surface area contributed by atoms with Crippen LogP contribution in [-0.4, -0.2) is 43.5 Å². The van der Waals surface area contributed by atoms with Crippen molar-refractivity contribution in [3.05, 3.63) is 29.3 Å². The number of para-hydroxylation sites is 1. The minimum atomic E-state index is -0.0707. The SMILES string of the molecule is COCCN(CCC(=O)Nc1c(C(C)C)cccc1C(C)C)C(C)=O. The molecule has 0 fully saturated rings. The lowest BCUT2D eigenvalue weighted by Crippen LogP contribution is -2.34. The first-order valence-electron chi connectivity index (χ1n) is 8.95. The second-order valence-corrected chi connectivity index (χ2v) is 6.92. The van der Waals surface area contributed by atoms with Gasteiger partial charge in [-0.3, -0.25) is 9.59 Å². The zero-order valence-electron chi connectivity index (χ0n) is 16.4. The third-order valence-corrected chi connectivity index (χ3v) is 4.26. The summed E-state index contributed by atoms with van der Waals surface area (Å²) in [6.07, 6.45) is 0.271. The minimum Gasteiger partial charge on any atom is -0.383 e. The number of carbonyl (C=O) groups excluding carboxylic acids is 2. The summed E-state index contributed by atoms with van der Waals surface area (Å²) >= 11 is 0. The molecule has 0 saturated carbocycles. The Morgan fingerprint density at radius 3 is 2.08 bits per heavy atom. The lowest BCUT2D eigenvalue weighted by Gasteiger charge is -2.22. The number of benzene rings is 1. The number of methoxy groups -OCH3 is 1. The molecule has 5 heteroatoms. The van der Waals surface area contributed by atoms with Gasteiger partial charge < -0.3 is 15.0 Å². The van der Waals surface area contributed by atoms with Crippen LogP contribution in [0.15, 0.2) is 18.2 Å². The maximum absolute atomic E-state index is 12.5. The maximum atomic E-state index is 12.5. The fraction of sp³-hybridized carbons (Fsp3) is 0.600. The van der Waals surface area contributed by atoms with Crippen LogP contribution in [-0.2, 0) is 14.3 Å². The van der Waals surface area contributed by atoms with Crippen LogP contribution in [0, 0.1) is 0 Å². The molecule has 0 aliphatic rings. The summed E-state index contributed by atoms with van der Waals surface area (Å²) < 4.78 is 5.01. The van der Waals surface area contributed by atoms with Gasteiger partial charge in [0.2, 0.25) is 11.8 Å². The molecule has 0 saturated heterocycles. The Labute approximate surface area is 151 Å². The van der Waals surface area contributed by atoms with Gasteiger partial charge in [0.25, 0.3) is 0 Å². The predicted molar refractivity (Wildman–Crippen MR) is 102 cm³/mol. The smallest absolute Gasteiger partial charge is 0.226 e. The third-order valence-electron chi connectivity index (χ3n) is 4.26. The van der Waals surface area contributed by atoms with Crippen LogP contribution in [0.1, 0.15) is 64.0 Å². The third kappa shape index (κ3) is 6.50. The molecule has 0 aliphatic heterocycles. The van der Waals surface area contributed by atoms with Gasteiger partial charge in [0.1, 0.15) is 0 Å². The molecule has 25 heavy (non-hydrogen) atoms. The van der Waals surface area contributed by atoms with Crippen molar-refractivity contribution in [1.29, 1.82) is 0 Å². The normalized spacial score (nSPS) is 11.0. The average Bonchev–Trinajstić information content (AvgIpc) is 2.54. The Morgan fingerprint density at radius 2 is 1.64 bits per heavy atom. The van der Waals surface area contributed by atoms with Gasteiger partial charge in [-0.05, 0) is 23.0 Å². The second-order valence-electron chi connectivity index (χ2n) is 6.92. The highest BCUT2D eigenvalue weighted by Gasteiger charge is 2.17. The van der Waals surface area contributed by atoms with Gasteiger partial charge in [-0.25, -0.2) is 0 Å². The minimum absolute atomic E-state index is 0.0460. The zero-order chi connectivity index (χ0) is 19.0. The molecule has 1 aromatic carbocycles. The Bertz CT molecular complexity index is 556. The number of hydrogen-bond donors (Lipinski definition) is 1. The van der Waals surface area contributed by atoms with Crippen molar-refractivity contribution in [3.63, 3.8) is 0 Å². The van der Waals surface area contributed by atoms with Gasteiger partial charge in [0, 0.05) is 39.2 Å². The second kappa shape index (κ2) is 10.2. The van der Waals surface area contributed by atoms with Gasteiger partial charge in [-0.2, -0.15) is 0 Å². The summed E-state index contributed by atoms with van der Waals surface area (Å²) in [4.78, 5) is 25.8. The zero-order valence-corrected chi connectivity index (χ0v) is 16.4. The predicted octanol–water partition coefficient (Wildman–Crippen LogP) is 3.76. The molecule has 0 atom stereocenters. The maximum Gasteiger partial charge on any atom is 0.226 e. The molecular formula is C20H32N2O3. The molecule has 0 radical (unpaired) electrons. The van der Waals surface area contributed by atoms with Crippen molar-refractivity contribution in [3.8, 4) is 0 Å². The summed E-state index contributed by atoms with van der Waals surface area (Å²) in [6, 6.07) is 6.17. The van der Waals surface area contributed by atoms with Gasteiger partial charge in [-0.15, -0.1) is 0 Å². The Hall–Kier alpha value is -1.88. The van der Waals surface area contributed by atoms with E-state index in [1.165, 1.54) is 6.92 Å². The van der Waals surface area contributed by atoms with Crippen LogP contribution in [0.3, 0.4) is 0 Å². The Kier molecular flexibility index (Phi) is 8.62. The van der Waals surface area contributed by atoms with Gasteiger partial charge >= 0.3 is 0 Å². The summed E-state index contributed by atoms with van der Waals surface area (Å²) in [5.74, 6) is 0.530. The number of hydrogen-bond acceptors (Lipinski definition) is 3. The molecule has 0 bridgehead atoms. The van der Waals surface area contributed by atoms with Gasteiger partial charge in [-0.1, -0.05) is 45.9 Å². The molecule has 1 aromatic rings. The van der Waals surface area contributed by atoms with Crippen LogP contribution in [0.5, 0.6) is 0 Å². The highest BCUT2D eigenvalue weighted by Crippen LogP contribution is 2.32. The van der Waals surface area contributed by atoms with E-state index in [4.69, 9.17) is 4.74 Å². The van der Waals surface area contributed by atoms with Crippen molar-refractivity contribution >= 4 is 17.5 Å². The topological polar surface area (TPSA) is 58.6 Å². The number of ether oxygens (including phenoxy) is 1. The number of carbonyl (C=O) groups is 2. The van der Waals surface area contributed by atoms with Crippen LogP contribution in [0.2, 0.25) is 0 Å². The Balaban J connectivity index is 2.84. The molecule has 5 nitrogen and oxygen atoms in total. The fourth-order valence-electron chi connectivity index (χ4n) is 2.76. The first kappa shape index (κ1) is 21.2. The van der Waals surface area contributed by atoms with E-state index >= 15 is 0 Å². The molecule has 0 heterocycles. The van der Waals surface area contributed by atoms with Crippen molar-refractivity contribution in [2.75, 3.05) is 32.1 Å². The quantitative estimate of drug-likeness (QED) is 0.739. The summed E-state index contributed by atoms with van der Waals surface area (Å²) in [5.41, 5.74) is 3.20. The van der Waals surface area contributed by atoms with Crippen molar-refractivity contribution < 1.29 is 14.3 Å². The molecule has 0 aromatic heterocycles. The molecule has 1 rings (SSSR count). The van der Waals surface area contributed by atoms with Crippen molar-refractivity contribution in [2.45, 2.75) is 52.9 Å². The highest BCUT2D eigenvalue weighted by molar-refractivity contribution is 5.93. The number of nitrogens with one attached hydrogen (secondary N) is 1. The van der Waals surface area contributed by atoms with Gasteiger partial charge in [0.05, 0.1) is 6.61 Å². The first-order valence-corrected chi connectivity index (χ1v) is 8.95. The molecule has 0 spiro atoms. The molecule has 0 unspecified atom stereocenters. The van der Waals surface area contributed by atoms with E-state index in [9.17, 15) is 9.59 Å². The van der Waals surface area contributed by atoms with E-state index in [1.54, 1.807) is 12.0 Å². The van der Waals surface area contributed by atoms with Gasteiger partial charge in [0.15, 0.2) is 0 Å². The van der Waals surface area contributed by atoms with Crippen molar-refractivity contribution in [1.82, 2.24) is 4.90 Å². The molecule has 2 amide bonds. The largest absolute Gasteiger partial charge is 0.383 e. The number of amides is 2. The van der Waals surface area contributed by atoms with E-state index in [2.05, 4.69) is 45.1 Å². The van der Waals surface area contributed by atoms with Crippen LogP contribution >= 0.6 is 0 Å². The molecular weight excluding hydrogens is 316 g/mol. The van der Waals surface area contributed by atoms with Crippen LogP contribution < -0.4 is 5.32 Å². The van der Waals surface area contributed by atoms with Crippen LogP contribution in [0.4, 0.5) is 5.69 Å². The molecule has 140 valence electrons. The monoisotopic (exact) mass is 348 g/mol. The van der Waals surface area contributed by atoms with E-state index in [0.717, 1.165) is 16.8 Å². The average molecular weight is 348 g/mol.